The molecule has 0 fully saturated rings. The lowest BCUT2D eigenvalue weighted by atomic mass is 10.2. The van der Waals surface area contributed by atoms with Crippen LogP contribution < -0.4 is 10.1 Å². The van der Waals surface area contributed by atoms with Gasteiger partial charge in [-0.2, -0.15) is 0 Å². The van der Waals surface area contributed by atoms with E-state index in [1.807, 2.05) is 19.2 Å². The summed E-state index contributed by atoms with van der Waals surface area (Å²) in [5.74, 6) is 0.477. The predicted molar refractivity (Wildman–Crippen MR) is 50.7 cm³/mol. The molecule has 0 bridgehead atoms. The molecule has 1 aromatic carbocycles. The standard InChI is InChI=1S/C10H13F2NO/c1-13-6-8-2-4-9(5-3-8)14-7-10(11)12/h2-5,10,13H,6-7H2,1H3. The van der Waals surface area contributed by atoms with Gasteiger partial charge in [0, 0.05) is 6.54 Å². The second-order valence-electron chi connectivity index (χ2n) is 2.88. The van der Waals surface area contributed by atoms with E-state index in [4.69, 9.17) is 4.74 Å². The Kier molecular flexibility index (Phi) is 4.32. The van der Waals surface area contributed by atoms with E-state index >= 15 is 0 Å². The van der Waals surface area contributed by atoms with Crippen molar-refractivity contribution in [2.24, 2.45) is 0 Å². The van der Waals surface area contributed by atoms with E-state index in [1.54, 1.807) is 12.1 Å². The molecule has 0 amide bonds. The first-order valence-corrected chi connectivity index (χ1v) is 4.37. The van der Waals surface area contributed by atoms with Gasteiger partial charge in [-0.05, 0) is 24.7 Å². The number of hydrogen-bond acceptors (Lipinski definition) is 2. The Balaban J connectivity index is 2.46. The second kappa shape index (κ2) is 5.54. The van der Waals surface area contributed by atoms with Crippen molar-refractivity contribution < 1.29 is 13.5 Å². The normalized spacial score (nSPS) is 10.6. The molecular weight excluding hydrogens is 188 g/mol. The highest BCUT2D eigenvalue weighted by Gasteiger charge is 2.02. The van der Waals surface area contributed by atoms with Crippen LogP contribution in [0.3, 0.4) is 0 Å². The van der Waals surface area contributed by atoms with Crippen LogP contribution in [0.15, 0.2) is 24.3 Å². The van der Waals surface area contributed by atoms with Crippen LogP contribution in [0.4, 0.5) is 8.78 Å². The average Bonchev–Trinajstić information content (AvgIpc) is 2.17. The van der Waals surface area contributed by atoms with Crippen LogP contribution >= 0.6 is 0 Å². The molecular formula is C10H13F2NO. The molecule has 1 aromatic rings. The molecule has 1 N–H and O–H groups in total. The Bertz CT molecular complexity index is 261. The summed E-state index contributed by atoms with van der Waals surface area (Å²) in [4.78, 5) is 0. The molecule has 0 radical (unpaired) electrons. The topological polar surface area (TPSA) is 21.3 Å². The summed E-state index contributed by atoms with van der Waals surface area (Å²) in [5.41, 5.74) is 1.09. The van der Waals surface area contributed by atoms with Crippen LogP contribution in [0.5, 0.6) is 5.75 Å². The number of rotatable bonds is 5. The van der Waals surface area contributed by atoms with Crippen molar-refractivity contribution in [3.05, 3.63) is 29.8 Å². The molecule has 0 aromatic heterocycles. The maximum absolute atomic E-state index is 11.8. The van der Waals surface area contributed by atoms with Gasteiger partial charge in [0.25, 0.3) is 6.43 Å². The van der Waals surface area contributed by atoms with E-state index in [2.05, 4.69) is 5.32 Å². The largest absolute Gasteiger partial charge is 0.488 e. The van der Waals surface area contributed by atoms with Gasteiger partial charge in [0.05, 0.1) is 0 Å². The van der Waals surface area contributed by atoms with Crippen LogP contribution in [-0.4, -0.2) is 20.1 Å². The molecule has 78 valence electrons. The van der Waals surface area contributed by atoms with E-state index in [1.165, 1.54) is 0 Å². The van der Waals surface area contributed by atoms with Crippen molar-refractivity contribution in [3.63, 3.8) is 0 Å². The smallest absolute Gasteiger partial charge is 0.272 e. The zero-order chi connectivity index (χ0) is 10.4. The summed E-state index contributed by atoms with van der Waals surface area (Å²) >= 11 is 0. The molecule has 0 saturated heterocycles. The third-order valence-electron chi connectivity index (χ3n) is 1.68. The Labute approximate surface area is 81.9 Å². The third kappa shape index (κ3) is 3.70. The minimum absolute atomic E-state index is 0.477. The maximum atomic E-state index is 11.8. The highest BCUT2D eigenvalue weighted by molar-refractivity contribution is 5.27. The molecule has 2 nitrogen and oxygen atoms in total. The number of halogens is 2. The highest BCUT2D eigenvalue weighted by Crippen LogP contribution is 2.12. The van der Waals surface area contributed by atoms with Gasteiger partial charge in [0.15, 0.2) is 0 Å². The lowest BCUT2D eigenvalue weighted by molar-refractivity contribution is 0.0819. The minimum atomic E-state index is -2.42. The molecule has 0 aliphatic carbocycles. The summed E-state index contributed by atoms with van der Waals surface area (Å²) in [6.45, 7) is 0.209. The molecule has 1 rings (SSSR count). The van der Waals surface area contributed by atoms with Gasteiger partial charge in [-0.1, -0.05) is 12.1 Å². The summed E-state index contributed by atoms with van der Waals surface area (Å²) < 4.78 is 28.4. The monoisotopic (exact) mass is 201 g/mol. The molecule has 4 heteroatoms. The van der Waals surface area contributed by atoms with Crippen LogP contribution in [0, 0.1) is 0 Å². The molecule has 0 spiro atoms. The van der Waals surface area contributed by atoms with E-state index in [0.29, 0.717) is 5.75 Å². The fraction of sp³-hybridized carbons (Fsp3) is 0.400. The number of ether oxygens (including phenoxy) is 1. The SMILES string of the molecule is CNCc1ccc(OCC(F)F)cc1. The van der Waals surface area contributed by atoms with Gasteiger partial charge in [0.1, 0.15) is 12.4 Å². The van der Waals surface area contributed by atoms with Gasteiger partial charge in [-0.3, -0.25) is 0 Å². The van der Waals surface area contributed by atoms with E-state index < -0.39 is 13.0 Å². The van der Waals surface area contributed by atoms with Crippen LogP contribution in [0.1, 0.15) is 5.56 Å². The first-order valence-electron chi connectivity index (χ1n) is 4.37. The zero-order valence-corrected chi connectivity index (χ0v) is 7.97. The Morgan fingerprint density at radius 3 is 2.43 bits per heavy atom. The number of nitrogens with one attached hydrogen (secondary N) is 1. The van der Waals surface area contributed by atoms with Gasteiger partial charge >= 0.3 is 0 Å². The number of hydrogen-bond donors (Lipinski definition) is 1. The van der Waals surface area contributed by atoms with Crippen molar-refractivity contribution in [1.29, 1.82) is 0 Å². The molecule has 0 aliphatic heterocycles. The molecule has 14 heavy (non-hydrogen) atoms. The van der Waals surface area contributed by atoms with Gasteiger partial charge < -0.3 is 10.1 Å². The lowest BCUT2D eigenvalue weighted by Crippen LogP contribution is -2.07. The van der Waals surface area contributed by atoms with E-state index in [-0.39, 0.29) is 0 Å². The minimum Gasteiger partial charge on any atom is -0.488 e. The number of benzene rings is 1. The van der Waals surface area contributed by atoms with Gasteiger partial charge in [-0.15, -0.1) is 0 Å². The molecule has 0 aliphatic rings. The van der Waals surface area contributed by atoms with Gasteiger partial charge in [0.2, 0.25) is 0 Å². The van der Waals surface area contributed by atoms with E-state index in [9.17, 15) is 8.78 Å². The quantitative estimate of drug-likeness (QED) is 0.787. The maximum Gasteiger partial charge on any atom is 0.272 e. The van der Waals surface area contributed by atoms with Crippen molar-refractivity contribution >= 4 is 0 Å². The van der Waals surface area contributed by atoms with Crippen LogP contribution in [0.2, 0.25) is 0 Å². The first kappa shape index (κ1) is 10.9. The highest BCUT2D eigenvalue weighted by atomic mass is 19.3. The molecule has 0 heterocycles. The average molecular weight is 201 g/mol. The predicted octanol–water partition coefficient (Wildman–Crippen LogP) is 2.05. The zero-order valence-electron chi connectivity index (χ0n) is 7.97. The summed E-state index contributed by atoms with van der Waals surface area (Å²) in [7, 11) is 1.85. The molecule has 0 atom stereocenters. The summed E-state index contributed by atoms with van der Waals surface area (Å²) in [6.07, 6.45) is -2.42. The van der Waals surface area contributed by atoms with Crippen LogP contribution in [0.25, 0.3) is 0 Å². The Morgan fingerprint density at radius 2 is 1.93 bits per heavy atom. The molecule has 0 saturated carbocycles. The lowest BCUT2D eigenvalue weighted by Gasteiger charge is -2.06. The third-order valence-corrected chi connectivity index (χ3v) is 1.68. The summed E-state index contributed by atoms with van der Waals surface area (Å²) in [6, 6.07) is 7.07. The van der Waals surface area contributed by atoms with Gasteiger partial charge in [-0.25, -0.2) is 8.78 Å². The number of alkyl halides is 2. The molecule has 0 unspecified atom stereocenters. The second-order valence-corrected chi connectivity index (χ2v) is 2.88. The fourth-order valence-corrected chi connectivity index (χ4v) is 1.07. The van der Waals surface area contributed by atoms with E-state index in [0.717, 1.165) is 12.1 Å². The Hall–Kier alpha value is -1.16. The summed E-state index contributed by atoms with van der Waals surface area (Å²) in [5, 5.41) is 2.99. The van der Waals surface area contributed by atoms with Crippen molar-refractivity contribution in [2.75, 3.05) is 13.7 Å². The van der Waals surface area contributed by atoms with Crippen molar-refractivity contribution in [2.45, 2.75) is 13.0 Å². The van der Waals surface area contributed by atoms with Crippen molar-refractivity contribution in [3.8, 4) is 5.75 Å². The van der Waals surface area contributed by atoms with Crippen LogP contribution in [-0.2, 0) is 6.54 Å². The first-order chi connectivity index (χ1) is 6.72. The Morgan fingerprint density at radius 1 is 1.29 bits per heavy atom. The fourth-order valence-electron chi connectivity index (χ4n) is 1.07. The van der Waals surface area contributed by atoms with Crippen molar-refractivity contribution in [1.82, 2.24) is 5.32 Å².